The zero-order chi connectivity index (χ0) is 11.4. The van der Waals surface area contributed by atoms with Crippen molar-refractivity contribution in [3.63, 3.8) is 0 Å². The predicted molar refractivity (Wildman–Crippen MR) is 58.5 cm³/mol. The topological polar surface area (TPSA) is 72.9 Å². The average molecular weight is 210 g/mol. The first-order valence-corrected chi connectivity index (χ1v) is 5.04. The normalized spacial score (nSPS) is 12.5. The third kappa shape index (κ3) is 3.36. The van der Waals surface area contributed by atoms with Crippen molar-refractivity contribution in [3.05, 3.63) is 17.5 Å². The quantitative estimate of drug-likeness (QED) is 0.745. The van der Waals surface area contributed by atoms with Crippen LogP contribution in [-0.4, -0.2) is 28.3 Å². The lowest BCUT2D eigenvalue weighted by Crippen LogP contribution is -2.29. The van der Waals surface area contributed by atoms with Gasteiger partial charge >= 0.3 is 0 Å². The summed E-state index contributed by atoms with van der Waals surface area (Å²) in [7, 11) is 1.80. The molecule has 0 saturated heterocycles. The van der Waals surface area contributed by atoms with Crippen molar-refractivity contribution in [1.29, 1.82) is 0 Å². The van der Waals surface area contributed by atoms with Gasteiger partial charge in [-0.2, -0.15) is 5.10 Å². The van der Waals surface area contributed by atoms with Crippen LogP contribution in [0.2, 0.25) is 0 Å². The van der Waals surface area contributed by atoms with E-state index >= 15 is 0 Å². The second-order valence-electron chi connectivity index (χ2n) is 3.82. The van der Waals surface area contributed by atoms with Crippen LogP contribution in [0.1, 0.15) is 29.4 Å². The van der Waals surface area contributed by atoms with E-state index in [0.29, 0.717) is 12.1 Å². The van der Waals surface area contributed by atoms with Gasteiger partial charge in [-0.1, -0.05) is 0 Å². The molecule has 1 rings (SSSR count). The molecule has 5 heteroatoms. The second-order valence-corrected chi connectivity index (χ2v) is 3.82. The lowest BCUT2D eigenvalue weighted by atomic mass is 10.2. The van der Waals surface area contributed by atoms with Crippen molar-refractivity contribution in [1.82, 2.24) is 15.1 Å². The Hall–Kier alpha value is -1.36. The molecule has 0 fully saturated rings. The SMILES string of the molecule is Cc1nn(C)cc1C(=O)NCCC(C)N. The molecule has 5 nitrogen and oxygen atoms in total. The van der Waals surface area contributed by atoms with Crippen LogP contribution in [0.15, 0.2) is 6.20 Å². The van der Waals surface area contributed by atoms with E-state index in [9.17, 15) is 4.79 Å². The number of nitrogens with one attached hydrogen (secondary N) is 1. The van der Waals surface area contributed by atoms with Gasteiger partial charge in [-0.05, 0) is 20.3 Å². The van der Waals surface area contributed by atoms with E-state index in [0.717, 1.165) is 12.1 Å². The van der Waals surface area contributed by atoms with Gasteiger partial charge in [-0.25, -0.2) is 0 Å². The van der Waals surface area contributed by atoms with Crippen molar-refractivity contribution < 1.29 is 4.79 Å². The molecule has 1 heterocycles. The first kappa shape index (κ1) is 11.7. The number of aryl methyl sites for hydroxylation is 2. The van der Waals surface area contributed by atoms with Gasteiger partial charge in [0, 0.05) is 25.8 Å². The summed E-state index contributed by atoms with van der Waals surface area (Å²) in [5, 5.41) is 6.92. The zero-order valence-corrected chi connectivity index (χ0v) is 9.45. The second kappa shape index (κ2) is 4.93. The summed E-state index contributed by atoms with van der Waals surface area (Å²) in [6.07, 6.45) is 2.50. The third-order valence-electron chi connectivity index (χ3n) is 2.14. The number of hydrogen-bond donors (Lipinski definition) is 2. The molecule has 1 atom stereocenters. The van der Waals surface area contributed by atoms with Crippen LogP contribution in [0.5, 0.6) is 0 Å². The largest absolute Gasteiger partial charge is 0.352 e. The van der Waals surface area contributed by atoms with Gasteiger partial charge in [-0.3, -0.25) is 9.48 Å². The molecule has 1 aromatic heterocycles. The summed E-state index contributed by atoms with van der Waals surface area (Å²) in [5.41, 5.74) is 6.96. The maximum absolute atomic E-state index is 11.7. The van der Waals surface area contributed by atoms with Crippen LogP contribution in [0, 0.1) is 6.92 Å². The molecule has 0 aliphatic heterocycles. The van der Waals surface area contributed by atoms with Crippen molar-refractivity contribution in [2.45, 2.75) is 26.3 Å². The molecule has 1 unspecified atom stereocenters. The standard InChI is InChI=1S/C10H18N4O/c1-7(11)4-5-12-10(15)9-6-14(3)13-8(9)2/h6-7H,4-5,11H2,1-3H3,(H,12,15). The number of hydrogen-bond acceptors (Lipinski definition) is 3. The van der Waals surface area contributed by atoms with Crippen LogP contribution in [0.3, 0.4) is 0 Å². The van der Waals surface area contributed by atoms with E-state index in [-0.39, 0.29) is 11.9 Å². The van der Waals surface area contributed by atoms with Crippen LogP contribution in [0.25, 0.3) is 0 Å². The van der Waals surface area contributed by atoms with Crippen molar-refractivity contribution in [2.24, 2.45) is 12.8 Å². The van der Waals surface area contributed by atoms with Gasteiger partial charge in [-0.15, -0.1) is 0 Å². The Morgan fingerprint density at radius 1 is 1.73 bits per heavy atom. The molecular formula is C10H18N4O. The van der Waals surface area contributed by atoms with E-state index in [1.807, 2.05) is 13.8 Å². The Labute approximate surface area is 89.6 Å². The number of carbonyl (C=O) groups excluding carboxylic acids is 1. The number of carbonyl (C=O) groups is 1. The first-order chi connectivity index (χ1) is 7.00. The first-order valence-electron chi connectivity index (χ1n) is 5.04. The van der Waals surface area contributed by atoms with Gasteiger partial charge in [0.15, 0.2) is 0 Å². The molecule has 3 N–H and O–H groups in total. The summed E-state index contributed by atoms with van der Waals surface area (Å²) in [5.74, 6) is -0.0822. The van der Waals surface area contributed by atoms with E-state index in [1.54, 1.807) is 17.9 Å². The number of rotatable bonds is 4. The predicted octanol–water partition coefficient (Wildman–Crippen LogP) is 0.196. The summed E-state index contributed by atoms with van der Waals surface area (Å²) in [6.45, 7) is 4.34. The number of nitrogens with zero attached hydrogens (tertiary/aromatic N) is 2. The minimum Gasteiger partial charge on any atom is -0.352 e. The van der Waals surface area contributed by atoms with Crippen LogP contribution < -0.4 is 11.1 Å². The lowest BCUT2D eigenvalue weighted by molar-refractivity contribution is 0.0952. The molecular weight excluding hydrogens is 192 g/mol. The Balaban J connectivity index is 2.50. The van der Waals surface area contributed by atoms with Gasteiger partial charge < -0.3 is 11.1 Å². The van der Waals surface area contributed by atoms with Gasteiger partial charge in [0.05, 0.1) is 11.3 Å². The number of amides is 1. The summed E-state index contributed by atoms with van der Waals surface area (Å²) >= 11 is 0. The molecule has 0 aliphatic rings. The Morgan fingerprint density at radius 3 is 2.87 bits per heavy atom. The van der Waals surface area contributed by atoms with Crippen LogP contribution >= 0.6 is 0 Å². The van der Waals surface area contributed by atoms with E-state index in [1.165, 1.54) is 0 Å². The lowest BCUT2D eigenvalue weighted by Gasteiger charge is -2.06. The highest BCUT2D eigenvalue weighted by Gasteiger charge is 2.11. The van der Waals surface area contributed by atoms with E-state index in [4.69, 9.17) is 5.73 Å². The molecule has 0 bridgehead atoms. The highest BCUT2D eigenvalue weighted by atomic mass is 16.1. The van der Waals surface area contributed by atoms with Crippen molar-refractivity contribution in [3.8, 4) is 0 Å². The molecule has 1 aromatic rings. The van der Waals surface area contributed by atoms with Crippen LogP contribution in [0.4, 0.5) is 0 Å². The fourth-order valence-electron chi connectivity index (χ4n) is 1.33. The minimum atomic E-state index is -0.0822. The maximum atomic E-state index is 11.7. The minimum absolute atomic E-state index is 0.0822. The third-order valence-corrected chi connectivity index (χ3v) is 2.14. The highest BCUT2D eigenvalue weighted by molar-refractivity contribution is 5.94. The smallest absolute Gasteiger partial charge is 0.254 e. The zero-order valence-electron chi connectivity index (χ0n) is 9.45. The summed E-state index contributed by atoms with van der Waals surface area (Å²) < 4.78 is 1.63. The number of aromatic nitrogens is 2. The van der Waals surface area contributed by atoms with Crippen LogP contribution in [-0.2, 0) is 7.05 Å². The molecule has 0 aromatic carbocycles. The fraction of sp³-hybridized carbons (Fsp3) is 0.600. The molecule has 84 valence electrons. The van der Waals surface area contributed by atoms with Gasteiger partial charge in [0.2, 0.25) is 0 Å². The summed E-state index contributed by atoms with van der Waals surface area (Å²) in [4.78, 5) is 11.7. The molecule has 0 aliphatic carbocycles. The van der Waals surface area contributed by atoms with Gasteiger partial charge in [0.25, 0.3) is 5.91 Å². The van der Waals surface area contributed by atoms with E-state index < -0.39 is 0 Å². The molecule has 1 amide bonds. The fourth-order valence-corrected chi connectivity index (χ4v) is 1.33. The Kier molecular flexibility index (Phi) is 3.85. The van der Waals surface area contributed by atoms with Gasteiger partial charge in [0.1, 0.15) is 0 Å². The number of nitrogens with two attached hydrogens (primary N) is 1. The molecule has 0 saturated carbocycles. The Morgan fingerprint density at radius 2 is 2.40 bits per heavy atom. The molecule has 0 radical (unpaired) electrons. The Bertz CT molecular complexity index is 343. The maximum Gasteiger partial charge on any atom is 0.254 e. The average Bonchev–Trinajstić information content (AvgIpc) is 2.44. The monoisotopic (exact) mass is 210 g/mol. The molecule has 15 heavy (non-hydrogen) atoms. The molecule has 0 spiro atoms. The summed E-state index contributed by atoms with van der Waals surface area (Å²) in [6, 6.07) is 0.111. The van der Waals surface area contributed by atoms with Crippen molar-refractivity contribution in [2.75, 3.05) is 6.54 Å². The highest BCUT2D eigenvalue weighted by Crippen LogP contribution is 2.03. The van der Waals surface area contributed by atoms with Crippen molar-refractivity contribution >= 4 is 5.91 Å². The van der Waals surface area contributed by atoms with E-state index in [2.05, 4.69) is 10.4 Å².